The van der Waals surface area contributed by atoms with Crippen LogP contribution < -0.4 is 0 Å². The first kappa shape index (κ1) is 13.7. The molecule has 0 amide bonds. The Balaban J connectivity index is 0.000000221. The Kier molecular flexibility index (Phi) is 4.97. The van der Waals surface area contributed by atoms with Crippen LogP contribution in [0, 0.1) is 3.57 Å². The molecule has 0 unspecified atom stereocenters. The minimum atomic E-state index is -4.19. The van der Waals surface area contributed by atoms with Crippen molar-refractivity contribution in [2.75, 3.05) is 0 Å². The molecule has 0 bridgehead atoms. The van der Waals surface area contributed by atoms with Crippen LogP contribution in [0.5, 0.6) is 0 Å². The molecule has 0 spiro atoms. The lowest BCUT2D eigenvalue weighted by Gasteiger charge is -1.97. The van der Waals surface area contributed by atoms with Gasteiger partial charge in [0.05, 0.1) is 0 Å². The Morgan fingerprint density at radius 3 is 2.12 bits per heavy atom. The summed E-state index contributed by atoms with van der Waals surface area (Å²) in [6.07, 6.45) is 0. The van der Waals surface area contributed by atoms with E-state index in [9.17, 15) is 0 Å². The molecule has 0 saturated heterocycles. The Bertz CT molecular complexity index is 570. The van der Waals surface area contributed by atoms with E-state index in [-0.39, 0.29) is 0 Å². The summed E-state index contributed by atoms with van der Waals surface area (Å²) >= 11 is 2.36. The Morgan fingerprint density at radius 1 is 1.06 bits per heavy atom. The van der Waals surface area contributed by atoms with Crippen molar-refractivity contribution in [2.24, 2.45) is 0 Å². The summed E-state index contributed by atoms with van der Waals surface area (Å²) in [5.41, 5.74) is 0. The molecule has 2 aromatic carbocycles. The molecule has 0 aromatic heterocycles. The van der Waals surface area contributed by atoms with Crippen LogP contribution in [0.4, 0.5) is 0 Å². The zero-order chi connectivity index (χ0) is 12.2. The number of benzene rings is 2. The summed E-state index contributed by atoms with van der Waals surface area (Å²) in [4.78, 5) is 0. The van der Waals surface area contributed by atoms with Crippen molar-refractivity contribution in [2.45, 2.75) is 0 Å². The molecule has 86 valence electrons. The van der Waals surface area contributed by atoms with Crippen molar-refractivity contribution in [3.63, 3.8) is 0 Å². The fraction of sp³-hybridized carbons (Fsp3) is 0. The fourth-order valence-corrected chi connectivity index (χ4v) is 1.88. The molecule has 2 rings (SSSR count). The number of halogens is 2. The first-order chi connectivity index (χ1) is 7.38. The number of hydrogen-bond acceptors (Lipinski definition) is 2. The lowest BCUT2D eigenvalue weighted by molar-refractivity contribution is 0.501. The second-order valence-electron chi connectivity index (χ2n) is 2.87. The molecule has 16 heavy (non-hydrogen) atoms. The van der Waals surface area contributed by atoms with Gasteiger partial charge in [0.15, 0.2) is 0 Å². The summed E-state index contributed by atoms with van der Waals surface area (Å²) in [6, 6.07) is 14.8. The monoisotopic (exact) mass is 370 g/mol. The molecule has 2 aromatic rings. The van der Waals surface area contributed by atoms with Gasteiger partial charge in [0, 0.05) is 14.3 Å². The van der Waals surface area contributed by atoms with Crippen molar-refractivity contribution in [3.05, 3.63) is 46.0 Å². The second kappa shape index (κ2) is 5.81. The second-order valence-corrected chi connectivity index (χ2v) is 6.03. The molecule has 0 radical (unpaired) electrons. The van der Waals surface area contributed by atoms with E-state index in [1.54, 1.807) is 0 Å². The van der Waals surface area contributed by atoms with E-state index in [0.717, 1.165) is 0 Å². The maximum absolute atomic E-state index is 8.95. The molecule has 0 aliphatic heterocycles. The Morgan fingerprint density at radius 2 is 1.56 bits per heavy atom. The van der Waals surface area contributed by atoms with E-state index in [1.807, 2.05) is 0 Å². The van der Waals surface area contributed by atoms with Gasteiger partial charge in [-0.2, -0.15) is 8.42 Å². The topological polar surface area (TPSA) is 54.4 Å². The number of rotatable bonds is 0. The average Bonchev–Trinajstić information content (AvgIpc) is 2.16. The van der Waals surface area contributed by atoms with Crippen molar-refractivity contribution >= 4 is 53.4 Å². The maximum Gasteiger partial charge on any atom is 0.353 e. The van der Waals surface area contributed by atoms with Crippen molar-refractivity contribution < 1.29 is 13.0 Å². The third-order valence-corrected chi connectivity index (χ3v) is 2.68. The van der Waals surface area contributed by atoms with E-state index < -0.39 is 9.33 Å². The molecule has 0 saturated carbocycles. The summed E-state index contributed by atoms with van der Waals surface area (Å²) in [6.45, 7) is 0. The predicted octanol–water partition coefficient (Wildman–Crippen LogP) is 3.47. The summed E-state index contributed by atoms with van der Waals surface area (Å²) in [5, 5.41) is 2.66. The third kappa shape index (κ3) is 5.11. The number of fused-ring (bicyclic) bond motifs is 1. The van der Waals surface area contributed by atoms with E-state index in [2.05, 4.69) is 75.7 Å². The van der Waals surface area contributed by atoms with Gasteiger partial charge in [-0.3, -0.25) is 4.55 Å². The first-order valence-corrected chi connectivity index (χ1v) is 7.53. The molecular formula is C10H8ClIO3S. The van der Waals surface area contributed by atoms with Crippen molar-refractivity contribution in [1.82, 2.24) is 0 Å². The SMILES string of the molecule is Ic1cccc2ccccc12.O=S(=O)(O)Cl. The highest BCUT2D eigenvalue weighted by Gasteiger charge is 1.93. The molecule has 0 fully saturated rings. The molecule has 1 N–H and O–H groups in total. The van der Waals surface area contributed by atoms with Crippen LogP contribution in [0.15, 0.2) is 42.5 Å². The quantitative estimate of drug-likeness (QED) is 0.439. The predicted molar refractivity (Wildman–Crippen MR) is 74.1 cm³/mol. The number of hydrogen-bond donors (Lipinski definition) is 1. The molecule has 0 aliphatic rings. The van der Waals surface area contributed by atoms with Crippen LogP contribution in [-0.4, -0.2) is 13.0 Å². The standard InChI is InChI=1S/C10H7I.ClHO3S/c11-10-7-3-5-8-4-1-2-6-9(8)10;1-5(2,3)4/h1-7H;(H,2,3,4). The van der Waals surface area contributed by atoms with E-state index in [0.29, 0.717) is 0 Å². The zero-order valence-corrected chi connectivity index (χ0v) is 11.7. The molecule has 0 aliphatic carbocycles. The van der Waals surface area contributed by atoms with Crippen LogP contribution in [0.25, 0.3) is 10.8 Å². The highest BCUT2D eigenvalue weighted by molar-refractivity contribution is 14.1. The third-order valence-electron chi connectivity index (χ3n) is 1.74. The van der Waals surface area contributed by atoms with Gasteiger partial charge in [-0.1, -0.05) is 36.4 Å². The lowest BCUT2D eigenvalue weighted by Crippen LogP contribution is -1.77. The summed E-state index contributed by atoms with van der Waals surface area (Å²) < 4.78 is 26.5. The van der Waals surface area contributed by atoms with Crippen LogP contribution in [0.2, 0.25) is 0 Å². The average molecular weight is 371 g/mol. The van der Waals surface area contributed by atoms with Gasteiger partial charge in [0.2, 0.25) is 0 Å². The lowest BCUT2D eigenvalue weighted by atomic mass is 10.1. The van der Waals surface area contributed by atoms with Gasteiger partial charge in [0.25, 0.3) is 0 Å². The Hall–Kier alpha value is -0.370. The van der Waals surface area contributed by atoms with Gasteiger partial charge in [-0.25, -0.2) is 0 Å². The van der Waals surface area contributed by atoms with Gasteiger partial charge in [0.1, 0.15) is 0 Å². The summed E-state index contributed by atoms with van der Waals surface area (Å²) in [5.74, 6) is 0. The molecule has 6 heteroatoms. The van der Waals surface area contributed by atoms with Crippen LogP contribution in [0.3, 0.4) is 0 Å². The van der Waals surface area contributed by atoms with E-state index in [1.165, 1.54) is 14.3 Å². The van der Waals surface area contributed by atoms with Gasteiger partial charge < -0.3 is 0 Å². The molecule has 0 atom stereocenters. The van der Waals surface area contributed by atoms with E-state index >= 15 is 0 Å². The minimum Gasteiger partial charge on any atom is -0.273 e. The van der Waals surface area contributed by atoms with Crippen LogP contribution in [0.1, 0.15) is 0 Å². The smallest absolute Gasteiger partial charge is 0.273 e. The first-order valence-electron chi connectivity index (χ1n) is 4.18. The van der Waals surface area contributed by atoms with Crippen molar-refractivity contribution in [3.8, 4) is 0 Å². The fourth-order valence-electron chi connectivity index (χ4n) is 1.19. The highest BCUT2D eigenvalue weighted by atomic mass is 127. The molecule has 0 heterocycles. The maximum atomic E-state index is 8.95. The van der Waals surface area contributed by atoms with Gasteiger partial charge in [-0.05, 0) is 39.4 Å². The molecular weight excluding hydrogens is 363 g/mol. The summed E-state index contributed by atoms with van der Waals surface area (Å²) in [7, 11) is -0.137. The van der Waals surface area contributed by atoms with Crippen molar-refractivity contribution in [1.29, 1.82) is 0 Å². The van der Waals surface area contributed by atoms with Crippen LogP contribution >= 0.6 is 33.3 Å². The minimum absolute atomic E-state index is 1.32. The van der Waals surface area contributed by atoms with Crippen LogP contribution in [-0.2, 0) is 9.33 Å². The largest absolute Gasteiger partial charge is 0.353 e. The van der Waals surface area contributed by atoms with Gasteiger partial charge in [-0.15, -0.1) is 0 Å². The van der Waals surface area contributed by atoms with E-state index in [4.69, 9.17) is 13.0 Å². The zero-order valence-electron chi connectivity index (χ0n) is 7.97. The Labute approximate surface area is 112 Å². The highest BCUT2D eigenvalue weighted by Crippen LogP contribution is 2.19. The van der Waals surface area contributed by atoms with Gasteiger partial charge >= 0.3 is 9.33 Å². The normalized spacial score (nSPS) is 10.7. The molecule has 3 nitrogen and oxygen atoms in total.